The number of amides is 1. The van der Waals surface area contributed by atoms with Crippen LogP contribution in [-0.4, -0.2) is 11.0 Å². The molecule has 0 aliphatic heterocycles. The van der Waals surface area contributed by atoms with Gasteiger partial charge >= 0.3 is 0 Å². The van der Waals surface area contributed by atoms with Crippen molar-refractivity contribution in [1.29, 1.82) is 0 Å². The SMILES string of the molecule is Cc1ccc(O)c(-c2cccc(C(N)=O)c2)c1. The van der Waals surface area contributed by atoms with E-state index in [9.17, 15) is 9.90 Å². The summed E-state index contributed by atoms with van der Waals surface area (Å²) in [5, 5.41) is 9.80. The van der Waals surface area contributed by atoms with Crippen LogP contribution < -0.4 is 5.73 Å². The molecular weight excluding hydrogens is 214 g/mol. The zero-order valence-electron chi connectivity index (χ0n) is 9.47. The Kier molecular flexibility index (Phi) is 2.83. The molecule has 2 aromatic carbocycles. The number of benzene rings is 2. The van der Waals surface area contributed by atoms with Gasteiger partial charge in [0.2, 0.25) is 5.91 Å². The van der Waals surface area contributed by atoms with Crippen molar-refractivity contribution in [2.45, 2.75) is 6.92 Å². The van der Waals surface area contributed by atoms with E-state index in [2.05, 4.69) is 0 Å². The van der Waals surface area contributed by atoms with Crippen LogP contribution in [0.1, 0.15) is 15.9 Å². The Morgan fingerprint density at radius 1 is 1.18 bits per heavy atom. The number of hydrogen-bond acceptors (Lipinski definition) is 2. The van der Waals surface area contributed by atoms with Crippen molar-refractivity contribution in [3.63, 3.8) is 0 Å². The smallest absolute Gasteiger partial charge is 0.248 e. The number of aromatic hydroxyl groups is 1. The van der Waals surface area contributed by atoms with Gasteiger partial charge < -0.3 is 10.8 Å². The maximum absolute atomic E-state index is 11.1. The molecule has 1 amide bonds. The lowest BCUT2D eigenvalue weighted by molar-refractivity contribution is 0.100. The number of carbonyl (C=O) groups is 1. The maximum atomic E-state index is 11.1. The van der Waals surface area contributed by atoms with Crippen LogP contribution in [0, 0.1) is 6.92 Å². The Morgan fingerprint density at radius 3 is 2.65 bits per heavy atom. The van der Waals surface area contributed by atoms with E-state index in [1.54, 1.807) is 24.3 Å². The molecular formula is C14H13NO2. The van der Waals surface area contributed by atoms with Crippen molar-refractivity contribution in [2.24, 2.45) is 5.73 Å². The average Bonchev–Trinajstić information content (AvgIpc) is 2.32. The van der Waals surface area contributed by atoms with Crippen LogP contribution in [0.5, 0.6) is 5.75 Å². The van der Waals surface area contributed by atoms with Crippen LogP contribution >= 0.6 is 0 Å². The highest BCUT2D eigenvalue weighted by molar-refractivity contribution is 5.94. The Labute approximate surface area is 99.5 Å². The van der Waals surface area contributed by atoms with E-state index in [4.69, 9.17) is 5.73 Å². The molecule has 3 nitrogen and oxygen atoms in total. The van der Waals surface area contributed by atoms with Gasteiger partial charge in [-0.25, -0.2) is 0 Å². The molecule has 0 aliphatic rings. The zero-order chi connectivity index (χ0) is 12.4. The molecule has 0 aromatic heterocycles. The van der Waals surface area contributed by atoms with Crippen molar-refractivity contribution >= 4 is 5.91 Å². The van der Waals surface area contributed by atoms with Crippen molar-refractivity contribution in [1.82, 2.24) is 0 Å². The third-order valence-corrected chi connectivity index (χ3v) is 2.61. The van der Waals surface area contributed by atoms with E-state index in [0.29, 0.717) is 11.1 Å². The molecule has 0 saturated heterocycles. The molecule has 2 rings (SSSR count). The van der Waals surface area contributed by atoms with Crippen LogP contribution in [0.15, 0.2) is 42.5 Å². The molecule has 0 bridgehead atoms. The summed E-state index contributed by atoms with van der Waals surface area (Å²) >= 11 is 0. The lowest BCUT2D eigenvalue weighted by Crippen LogP contribution is -2.10. The molecule has 2 aromatic rings. The standard InChI is InChI=1S/C14H13NO2/c1-9-5-6-13(16)12(7-9)10-3-2-4-11(8-10)14(15)17/h2-8,16H,1H3,(H2,15,17). The summed E-state index contributed by atoms with van der Waals surface area (Å²) in [4.78, 5) is 11.1. The molecule has 0 radical (unpaired) electrons. The third kappa shape index (κ3) is 2.28. The van der Waals surface area contributed by atoms with Crippen molar-refractivity contribution in [2.75, 3.05) is 0 Å². The fourth-order valence-electron chi connectivity index (χ4n) is 1.72. The highest BCUT2D eigenvalue weighted by atomic mass is 16.3. The lowest BCUT2D eigenvalue weighted by Gasteiger charge is -2.07. The molecule has 0 saturated carbocycles. The number of hydrogen-bond donors (Lipinski definition) is 2. The van der Waals surface area contributed by atoms with Crippen LogP contribution in [0.3, 0.4) is 0 Å². The number of phenols is 1. The topological polar surface area (TPSA) is 63.3 Å². The predicted octanol–water partition coefficient (Wildman–Crippen LogP) is 2.47. The lowest BCUT2D eigenvalue weighted by atomic mass is 10.0. The molecule has 0 atom stereocenters. The molecule has 0 unspecified atom stereocenters. The van der Waals surface area contributed by atoms with Gasteiger partial charge in [-0.1, -0.05) is 23.8 Å². The van der Waals surface area contributed by atoms with Gasteiger partial charge in [-0.05, 0) is 36.8 Å². The fraction of sp³-hybridized carbons (Fsp3) is 0.0714. The Morgan fingerprint density at radius 2 is 1.94 bits per heavy atom. The summed E-state index contributed by atoms with van der Waals surface area (Å²) in [5.41, 5.74) is 8.19. The van der Waals surface area contributed by atoms with Gasteiger partial charge in [-0.15, -0.1) is 0 Å². The highest BCUT2D eigenvalue weighted by Gasteiger charge is 2.07. The second-order valence-corrected chi connectivity index (χ2v) is 3.97. The first-order valence-corrected chi connectivity index (χ1v) is 5.28. The van der Waals surface area contributed by atoms with Gasteiger partial charge in [-0.2, -0.15) is 0 Å². The third-order valence-electron chi connectivity index (χ3n) is 2.61. The number of aryl methyl sites for hydroxylation is 1. The van der Waals surface area contributed by atoms with Crippen LogP contribution in [0.2, 0.25) is 0 Å². The monoisotopic (exact) mass is 227 g/mol. The predicted molar refractivity (Wildman–Crippen MR) is 66.8 cm³/mol. The summed E-state index contributed by atoms with van der Waals surface area (Å²) in [7, 11) is 0. The minimum absolute atomic E-state index is 0.192. The van der Waals surface area contributed by atoms with Crippen LogP contribution in [0.25, 0.3) is 11.1 Å². The summed E-state index contributed by atoms with van der Waals surface area (Å²) < 4.78 is 0. The van der Waals surface area contributed by atoms with Crippen molar-refractivity contribution in [3.05, 3.63) is 53.6 Å². The normalized spacial score (nSPS) is 10.2. The average molecular weight is 227 g/mol. The minimum Gasteiger partial charge on any atom is -0.507 e. The molecule has 0 aliphatic carbocycles. The van der Waals surface area contributed by atoms with Crippen molar-refractivity contribution < 1.29 is 9.90 Å². The van der Waals surface area contributed by atoms with E-state index >= 15 is 0 Å². The van der Waals surface area contributed by atoms with Gasteiger partial charge in [0.25, 0.3) is 0 Å². The Hall–Kier alpha value is -2.29. The molecule has 3 heteroatoms. The first kappa shape index (κ1) is 11.2. The van der Waals surface area contributed by atoms with Crippen LogP contribution in [0.4, 0.5) is 0 Å². The number of nitrogens with two attached hydrogens (primary N) is 1. The molecule has 0 fully saturated rings. The van der Waals surface area contributed by atoms with Gasteiger partial charge in [0.05, 0.1) is 0 Å². The fourth-order valence-corrected chi connectivity index (χ4v) is 1.72. The molecule has 17 heavy (non-hydrogen) atoms. The zero-order valence-corrected chi connectivity index (χ0v) is 9.47. The maximum Gasteiger partial charge on any atom is 0.248 e. The number of carbonyl (C=O) groups excluding carboxylic acids is 1. The van der Waals surface area contributed by atoms with Gasteiger partial charge in [-0.3, -0.25) is 4.79 Å². The van der Waals surface area contributed by atoms with Gasteiger partial charge in [0, 0.05) is 11.1 Å². The number of primary amides is 1. The summed E-state index contributed by atoms with van der Waals surface area (Å²) in [6.07, 6.45) is 0. The van der Waals surface area contributed by atoms with Crippen molar-refractivity contribution in [3.8, 4) is 16.9 Å². The van der Waals surface area contributed by atoms with Gasteiger partial charge in [0.15, 0.2) is 0 Å². The van der Waals surface area contributed by atoms with E-state index in [-0.39, 0.29) is 5.75 Å². The second-order valence-electron chi connectivity index (χ2n) is 3.97. The van der Waals surface area contributed by atoms with Crippen LogP contribution in [-0.2, 0) is 0 Å². The second kappa shape index (κ2) is 4.29. The highest BCUT2D eigenvalue weighted by Crippen LogP contribution is 2.30. The first-order chi connectivity index (χ1) is 8.08. The van der Waals surface area contributed by atoms with E-state index < -0.39 is 5.91 Å². The summed E-state index contributed by atoms with van der Waals surface area (Å²) in [6.45, 7) is 1.95. The number of phenolic OH excluding ortho intramolecular Hbond substituents is 1. The molecule has 0 heterocycles. The quantitative estimate of drug-likeness (QED) is 0.827. The molecule has 86 valence electrons. The van der Waals surface area contributed by atoms with Gasteiger partial charge in [0.1, 0.15) is 5.75 Å². The summed E-state index contributed by atoms with van der Waals surface area (Å²) in [6, 6.07) is 12.3. The summed E-state index contributed by atoms with van der Waals surface area (Å²) in [5.74, 6) is -0.281. The minimum atomic E-state index is -0.473. The van der Waals surface area contributed by atoms with E-state index in [1.165, 1.54) is 0 Å². The first-order valence-electron chi connectivity index (χ1n) is 5.28. The Bertz CT molecular complexity index is 576. The number of rotatable bonds is 2. The molecule has 3 N–H and O–H groups in total. The van der Waals surface area contributed by atoms with E-state index in [0.717, 1.165) is 11.1 Å². The molecule has 0 spiro atoms. The Balaban J connectivity index is 2.56. The largest absolute Gasteiger partial charge is 0.507 e. The van der Waals surface area contributed by atoms with E-state index in [1.807, 2.05) is 25.1 Å².